The standard InChI is InChI=1S/C14H21NO/c1-11-5-4-6-14(7-11)10-15-8-12(2)16-13(3)9-15/h4-7,12-13H,8-10H2,1-3H3/p+1/t12-,13-/m1/s1. The van der Waals surface area contributed by atoms with Crippen molar-refractivity contribution in [2.24, 2.45) is 0 Å². The molecular weight excluding hydrogens is 198 g/mol. The molecule has 0 radical (unpaired) electrons. The molecule has 16 heavy (non-hydrogen) atoms. The molecule has 0 aromatic heterocycles. The lowest BCUT2D eigenvalue weighted by Gasteiger charge is -2.32. The van der Waals surface area contributed by atoms with Gasteiger partial charge in [-0.3, -0.25) is 0 Å². The summed E-state index contributed by atoms with van der Waals surface area (Å²) in [4.78, 5) is 1.64. The Morgan fingerprint density at radius 3 is 2.56 bits per heavy atom. The average Bonchev–Trinajstić information content (AvgIpc) is 2.15. The lowest BCUT2D eigenvalue weighted by Crippen LogP contribution is -3.14. The summed E-state index contributed by atoms with van der Waals surface area (Å²) in [5, 5.41) is 0. The SMILES string of the molecule is Cc1cccc(C[NH+]2C[C@@H](C)O[C@H](C)C2)c1. The van der Waals surface area contributed by atoms with Crippen LogP contribution in [0.25, 0.3) is 0 Å². The van der Waals surface area contributed by atoms with Gasteiger partial charge in [0.25, 0.3) is 0 Å². The molecule has 0 bridgehead atoms. The maximum Gasteiger partial charge on any atom is 0.104 e. The summed E-state index contributed by atoms with van der Waals surface area (Å²) in [5.74, 6) is 0. The molecule has 1 N–H and O–H groups in total. The molecule has 0 unspecified atom stereocenters. The van der Waals surface area contributed by atoms with E-state index < -0.39 is 0 Å². The second-order valence-electron chi connectivity index (χ2n) is 5.08. The van der Waals surface area contributed by atoms with Gasteiger partial charge in [0.2, 0.25) is 0 Å². The largest absolute Gasteiger partial charge is 0.364 e. The monoisotopic (exact) mass is 220 g/mol. The smallest absolute Gasteiger partial charge is 0.104 e. The Balaban J connectivity index is 1.98. The highest BCUT2D eigenvalue weighted by Gasteiger charge is 2.25. The van der Waals surface area contributed by atoms with Crippen LogP contribution in [0.3, 0.4) is 0 Å². The van der Waals surface area contributed by atoms with Crippen molar-refractivity contribution in [1.82, 2.24) is 0 Å². The summed E-state index contributed by atoms with van der Waals surface area (Å²) in [6.45, 7) is 9.87. The molecule has 1 heterocycles. The topological polar surface area (TPSA) is 13.7 Å². The Bertz CT molecular complexity index is 340. The summed E-state index contributed by atoms with van der Waals surface area (Å²) < 4.78 is 5.76. The van der Waals surface area contributed by atoms with Gasteiger partial charge in [-0.15, -0.1) is 0 Å². The number of hydrogen-bond donors (Lipinski definition) is 1. The van der Waals surface area contributed by atoms with Crippen molar-refractivity contribution in [2.75, 3.05) is 13.1 Å². The van der Waals surface area contributed by atoms with Gasteiger partial charge in [-0.25, -0.2) is 0 Å². The van der Waals surface area contributed by atoms with Gasteiger partial charge < -0.3 is 9.64 Å². The minimum absolute atomic E-state index is 0.392. The third kappa shape index (κ3) is 3.06. The van der Waals surface area contributed by atoms with E-state index in [9.17, 15) is 0 Å². The number of quaternary nitrogens is 1. The zero-order chi connectivity index (χ0) is 11.5. The average molecular weight is 220 g/mol. The highest BCUT2D eigenvalue weighted by Crippen LogP contribution is 2.04. The number of benzene rings is 1. The summed E-state index contributed by atoms with van der Waals surface area (Å²) >= 11 is 0. The molecule has 1 aliphatic heterocycles. The van der Waals surface area contributed by atoms with Gasteiger partial charge in [-0.1, -0.05) is 29.8 Å². The number of hydrogen-bond acceptors (Lipinski definition) is 1. The van der Waals surface area contributed by atoms with Gasteiger partial charge in [0.15, 0.2) is 0 Å². The van der Waals surface area contributed by atoms with Crippen molar-refractivity contribution in [3.05, 3.63) is 35.4 Å². The molecule has 1 saturated heterocycles. The molecule has 1 aromatic carbocycles. The molecule has 2 nitrogen and oxygen atoms in total. The number of morpholine rings is 1. The highest BCUT2D eigenvalue weighted by molar-refractivity contribution is 5.21. The van der Waals surface area contributed by atoms with Gasteiger partial charge in [0.1, 0.15) is 31.8 Å². The first kappa shape index (κ1) is 11.6. The Morgan fingerprint density at radius 2 is 1.94 bits per heavy atom. The zero-order valence-electron chi connectivity index (χ0n) is 10.5. The van der Waals surface area contributed by atoms with Crippen molar-refractivity contribution in [2.45, 2.75) is 39.5 Å². The highest BCUT2D eigenvalue weighted by atomic mass is 16.5. The van der Waals surface area contributed by atoms with Crippen molar-refractivity contribution in [3.8, 4) is 0 Å². The number of rotatable bonds is 2. The van der Waals surface area contributed by atoms with Crippen LogP contribution < -0.4 is 4.90 Å². The fourth-order valence-corrected chi connectivity index (χ4v) is 2.64. The molecular formula is C14H22NO+. The van der Waals surface area contributed by atoms with E-state index >= 15 is 0 Å². The van der Waals surface area contributed by atoms with Crippen LogP contribution in [-0.2, 0) is 11.3 Å². The lowest BCUT2D eigenvalue weighted by atomic mass is 10.1. The van der Waals surface area contributed by atoms with Crippen molar-refractivity contribution >= 4 is 0 Å². The number of nitrogens with one attached hydrogen (secondary N) is 1. The van der Waals surface area contributed by atoms with E-state index in [1.807, 2.05) is 0 Å². The first-order valence-corrected chi connectivity index (χ1v) is 6.18. The molecule has 2 atom stereocenters. The molecule has 0 saturated carbocycles. The zero-order valence-corrected chi connectivity index (χ0v) is 10.5. The summed E-state index contributed by atoms with van der Waals surface area (Å²) in [6, 6.07) is 8.82. The van der Waals surface area contributed by atoms with Crippen LogP contribution >= 0.6 is 0 Å². The van der Waals surface area contributed by atoms with E-state index in [-0.39, 0.29) is 0 Å². The molecule has 88 valence electrons. The lowest BCUT2D eigenvalue weighted by molar-refractivity contribution is -0.928. The Labute approximate surface area is 98.2 Å². The number of aryl methyl sites for hydroxylation is 1. The quantitative estimate of drug-likeness (QED) is 0.790. The minimum atomic E-state index is 0.392. The first-order valence-electron chi connectivity index (χ1n) is 6.18. The van der Waals surface area contributed by atoms with Gasteiger partial charge in [0.05, 0.1) is 0 Å². The Morgan fingerprint density at radius 1 is 1.25 bits per heavy atom. The van der Waals surface area contributed by atoms with Crippen molar-refractivity contribution in [1.29, 1.82) is 0 Å². The van der Waals surface area contributed by atoms with Gasteiger partial charge >= 0.3 is 0 Å². The van der Waals surface area contributed by atoms with E-state index in [0.717, 1.165) is 19.6 Å². The predicted octanol–water partition coefficient (Wildman–Crippen LogP) is 1.19. The van der Waals surface area contributed by atoms with E-state index in [1.54, 1.807) is 4.90 Å². The molecule has 2 heteroatoms. The van der Waals surface area contributed by atoms with Gasteiger partial charge in [-0.05, 0) is 20.8 Å². The van der Waals surface area contributed by atoms with Crippen LogP contribution in [0.2, 0.25) is 0 Å². The molecule has 0 amide bonds. The molecule has 0 aliphatic carbocycles. The van der Waals surface area contributed by atoms with Gasteiger partial charge in [0, 0.05) is 5.56 Å². The van der Waals surface area contributed by atoms with Crippen LogP contribution in [0.1, 0.15) is 25.0 Å². The number of ether oxygens (including phenoxy) is 1. The second kappa shape index (κ2) is 4.98. The summed E-state index contributed by atoms with van der Waals surface area (Å²) in [7, 11) is 0. The van der Waals surface area contributed by atoms with Gasteiger partial charge in [-0.2, -0.15) is 0 Å². The van der Waals surface area contributed by atoms with Crippen molar-refractivity contribution in [3.63, 3.8) is 0 Å². The van der Waals surface area contributed by atoms with Crippen LogP contribution in [-0.4, -0.2) is 25.3 Å². The van der Waals surface area contributed by atoms with Crippen LogP contribution in [0, 0.1) is 6.92 Å². The Kier molecular flexibility index (Phi) is 3.62. The predicted molar refractivity (Wildman–Crippen MR) is 65.6 cm³/mol. The minimum Gasteiger partial charge on any atom is -0.364 e. The normalized spacial score (nSPS) is 30.3. The van der Waals surface area contributed by atoms with E-state index in [0.29, 0.717) is 12.2 Å². The fourth-order valence-electron chi connectivity index (χ4n) is 2.64. The molecule has 0 spiro atoms. The third-order valence-corrected chi connectivity index (χ3v) is 3.15. The summed E-state index contributed by atoms with van der Waals surface area (Å²) in [6.07, 6.45) is 0.784. The summed E-state index contributed by atoms with van der Waals surface area (Å²) in [5.41, 5.74) is 2.79. The third-order valence-electron chi connectivity index (χ3n) is 3.15. The molecule has 1 aromatic rings. The molecule has 1 fully saturated rings. The Hall–Kier alpha value is -0.860. The first-order chi connectivity index (χ1) is 7.63. The maximum absolute atomic E-state index is 5.76. The fraction of sp³-hybridized carbons (Fsp3) is 0.571. The molecule has 1 aliphatic rings. The maximum atomic E-state index is 5.76. The second-order valence-corrected chi connectivity index (χ2v) is 5.08. The van der Waals surface area contributed by atoms with E-state index in [1.165, 1.54) is 11.1 Å². The van der Waals surface area contributed by atoms with Crippen molar-refractivity contribution < 1.29 is 9.64 Å². The van der Waals surface area contributed by atoms with Crippen LogP contribution in [0.5, 0.6) is 0 Å². The van der Waals surface area contributed by atoms with E-state index in [2.05, 4.69) is 45.0 Å². The van der Waals surface area contributed by atoms with E-state index in [4.69, 9.17) is 4.74 Å². The van der Waals surface area contributed by atoms with Crippen LogP contribution in [0.4, 0.5) is 0 Å². The van der Waals surface area contributed by atoms with Crippen LogP contribution in [0.15, 0.2) is 24.3 Å². The molecule has 2 rings (SSSR count).